The summed E-state index contributed by atoms with van der Waals surface area (Å²) in [6.45, 7) is 2.64. The summed E-state index contributed by atoms with van der Waals surface area (Å²) in [6.07, 6.45) is 1.91. The summed E-state index contributed by atoms with van der Waals surface area (Å²) in [6, 6.07) is 1.72. The van der Waals surface area contributed by atoms with E-state index in [9.17, 15) is 4.79 Å². The van der Waals surface area contributed by atoms with Gasteiger partial charge in [0.05, 0.1) is 12.1 Å². The molecule has 0 atom stereocenters. The maximum Gasteiger partial charge on any atom is 0.186 e. The third-order valence-corrected chi connectivity index (χ3v) is 2.94. The number of hydrogen-bond donors (Lipinski definition) is 1. The number of thiazole rings is 1. The van der Waals surface area contributed by atoms with Crippen molar-refractivity contribution < 1.29 is 4.79 Å². The Kier molecular flexibility index (Phi) is 3.00. The van der Waals surface area contributed by atoms with E-state index < -0.39 is 0 Å². The first-order valence-corrected chi connectivity index (χ1v) is 5.83. The Morgan fingerprint density at radius 3 is 3.06 bits per heavy atom. The van der Waals surface area contributed by atoms with Crippen molar-refractivity contribution in [2.45, 2.75) is 19.9 Å². The van der Waals surface area contributed by atoms with Gasteiger partial charge in [-0.1, -0.05) is 0 Å². The zero-order chi connectivity index (χ0) is 11.5. The second-order valence-corrected chi connectivity index (χ2v) is 4.20. The second kappa shape index (κ2) is 4.44. The number of Topliss-reactive ketones (excluding diaryl/α,β-unsaturated/α-hetero) is 1. The first-order chi connectivity index (χ1) is 7.70. The summed E-state index contributed by atoms with van der Waals surface area (Å²) in [5.41, 5.74) is 6.85. The Labute approximate surface area is 96.9 Å². The lowest BCUT2D eigenvalue weighted by molar-refractivity contribution is 0.0982. The highest BCUT2D eigenvalue weighted by atomic mass is 32.1. The first kappa shape index (κ1) is 10.8. The number of hydrogen-bond acceptors (Lipinski definition) is 5. The molecule has 0 aliphatic rings. The van der Waals surface area contributed by atoms with Crippen LogP contribution in [0.5, 0.6) is 0 Å². The molecule has 0 unspecified atom stereocenters. The second-order valence-electron chi connectivity index (χ2n) is 3.31. The zero-order valence-electron chi connectivity index (χ0n) is 8.88. The van der Waals surface area contributed by atoms with E-state index in [0.717, 1.165) is 5.69 Å². The number of anilines is 1. The van der Waals surface area contributed by atoms with Gasteiger partial charge in [0.15, 0.2) is 10.9 Å². The van der Waals surface area contributed by atoms with Gasteiger partial charge in [0, 0.05) is 18.1 Å². The summed E-state index contributed by atoms with van der Waals surface area (Å²) in [7, 11) is 0. The number of nitrogens with two attached hydrogens (primary N) is 1. The molecule has 0 spiro atoms. The van der Waals surface area contributed by atoms with E-state index in [-0.39, 0.29) is 12.2 Å². The molecule has 0 radical (unpaired) electrons. The van der Waals surface area contributed by atoms with E-state index >= 15 is 0 Å². The van der Waals surface area contributed by atoms with Crippen molar-refractivity contribution >= 4 is 22.3 Å². The van der Waals surface area contributed by atoms with Crippen LogP contribution in [0.25, 0.3) is 0 Å². The molecule has 16 heavy (non-hydrogen) atoms. The van der Waals surface area contributed by atoms with Gasteiger partial charge in [-0.05, 0) is 13.0 Å². The van der Waals surface area contributed by atoms with Crippen molar-refractivity contribution in [2.75, 3.05) is 5.73 Å². The highest BCUT2D eigenvalue weighted by Crippen LogP contribution is 2.13. The van der Waals surface area contributed by atoms with Crippen LogP contribution >= 0.6 is 11.3 Å². The smallest absolute Gasteiger partial charge is 0.186 e. The van der Waals surface area contributed by atoms with Crippen LogP contribution in [-0.2, 0) is 13.0 Å². The number of rotatable bonds is 4. The normalized spacial score (nSPS) is 10.6. The summed E-state index contributed by atoms with van der Waals surface area (Å²) in [4.78, 5) is 16.0. The lowest BCUT2D eigenvalue weighted by atomic mass is 10.2. The van der Waals surface area contributed by atoms with Crippen molar-refractivity contribution in [3.8, 4) is 0 Å². The number of carbonyl (C=O) groups excluding carboxylic acids is 1. The fourth-order valence-corrected chi connectivity index (χ4v) is 2.04. The fraction of sp³-hybridized carbons (Fsp3) is 0.300. The summed E-state index contributed by atoms with van der Waals surface area (Å²) in [5, 5.41) is 6.35. The molecule has 0 saturated carbocycles. The molecule has 2 N–H and O–H groups in total. The van der Waals surface area contributed by atoms with Crippen LogP contribution in [0.2, 0.25) is 0 Å². The van der Waals surface area contributed by atoms with E-state index in [1.807, 2.05) is 6.92 Å². The molecule has 0 aliphatic carbocycles. The molecule has 0 aromatic carbocycles. The Hall–Kier alpha value is -1.69. The molecule has 5 nitrogen and oxygen atoms in total. The molecule has 6 heteroatoms. The van der Waals surface area contributed by atoms with Gasteiger partial charge in [-0.2, -0.15) is 5.10 Å². The fourth-order valence-electron chi connectivity index (χ4n) is 1.48. The van der Waals surface area contributed by atoms with Crippen molar-refractivity contribution in [3.63, 3.8) is 0 Å². The molecule has 2 aromatic rings. The lowest BCUT2D eigenvalue weighted by Gasteiger charge is -2.01. The third-order valence-electron chi connectivity index (χ3n) is 2.21. The standard InChI is InChI=1S/C10H12N4OS/c1-2-14-8(3-4-12-14)9(15)5-7-6-16-10(11)13-7/h3-4,6H,2,5H2,1H3,(H2,11,13). The number of nitrogen functional groups attached to an aromatic ring is 1. The number of carbonyl (C=O) groups is 1. The molecular weight excluding hydrogens is 224 g/mol. The number of ketones is 1. The van der Waals surface area contributed by atoms with Gasteiger partial charge in [0.1, 0.15) is 5.69 Å². The molecule has 0 saturated heterocycles. The van der Waals surface area contributed by atoms with Crippen LogP contribution in [0.3, 0.4) is 0 Å². The van der Waals surface area contributed by atoms with Crippen LogP contribution in [0.4, 0.5) is 5.13 Å². The maximum absolute atomic E-state index is 11.9. The van der Waals surface area contributed by atoms with Gasteiger partial charge >= 0.3 is 0 Å². The van der Waals surface area contributed by atoms with E-state index in [0.29, 0.717) is 17.4 Å². The van der Waals surface area contributed by atoms with Crippen LogP contribution < -0.4 is 5.73 Å². The molecule has 2 aromatic heterocycles. The topological polar surface area (TPSA) is 73.8 Å². The Balaban J connectivity index is 2.14. The summed E-state index contributed by atoms with van der Waals surface area (Å²) >= 11 is 1.35. The Morgan fingerprint density at radius 1 is 1.62 bits per heavy atom. The molecular formula is C10H12N4OS. The third kappa shape index (κ3) is 2.11. The highest BCUT2D eigenvalue weighted by molar-refractivity contribution is 7.13. The van der Waals surface area contributed by atoms with Crippen LogP contribution in [0.1, 0.15) is 23.1 Å². The maximum atomic E-state index is 11.9. The minimum Gasteiger partial charge on any atom is -0.375 e. The van der Waals surface area contributed by atoms with E-state index in [2.05, 4.69) is 10.1 Å². The minimum atomic E-state index is 0.0182. The number of nitrogens with zero attached hydrogens (tertiary/aromatic N) is 3. The Morgan fingerprint density at radius 2 is 2.44 bits per heavy atom. The van der Waals surface area contributed by atoms with Gasteiger partial charge in [0.2, 0.25) is 0 Å². The average Bonchev–Trinajstić information content (AvgIpc) is 2.86. The largest absolute Gasteiger partial charge is 0.375 e. The van der Waals surface area contributed by atoms with Gasteiger partial charge in [-0.3, -0.25) is 9.48 Å². The summed E-state index contributed by atoms with van der Waals surface area (Å²) in [5.74, 6) is 0.0182. The number of aryl methyl sites for hydroxylation is 1. The van der Waals surface area contributed by atoms with Crippen LogP contribution in [0, 0.1) is 0 Å². The molecule has 0 aliphatic heterocycles. The molecule has 0 amide bonds. The monoisotopic (exact) mass is 236 g/mol. The number of aromatic nitrogens is 3. The van der Waals surface area contributed by atoms with Crippen molar-refractivity contribution in [2.24, 2.45) is 0 Å². The predicted octanol–water partition coefficient (Wildman–Crippen LogP) is 1.37. The highest BCUT2D eigenvalue weighted by Gasteiger charge is 2.13. The zero-order valence-corrected chi connectivity index (χ0v) is 9.70. The van der Waals surface area contributed by atoms with Gasteiger partial charge in [-0.25, -0.2) is 4.98 Å². The van der Waals surface area contributed by atoms with E-state index in [1.54, 1.807) is 22.3 Å². The Bertz CT molecular complexity index is 502. The summed E-state index contributed by atoms with van der Waals surface area (Å²) < 4.78 is 1.68. The van der Waals surface area contributed by atoms with Gasteiger partial charge in [0.25, 0.3) is 0 Å². The average molecular weight is 236 g/mol. The molecule has 84 valence electrons. The SMILES string of the molecule is CCn1nccc1C(=O)Cc1csc(N)n1. The quantitative estimate of drug-likeness (QED) is 0.813. The van der Waals surface area contributed by atoms with Gasteiger partial charge in [-0.15, -0.1) is 11.3 Å². The van der Waals surface area contributed by atoms with Crippen molar-refractivity contribution in [1.29, 1.82) is 0 Å². The van der Waals surface area contributed by atoms with E-state index in [4.69, 9.17) is 5.73 Å². The van der Waals surface area contributed by atoms with E-state index in [1.165, 1.54) is 11.3 Å². The predicted molar refractivity (Wildman–Crippen MR) is 62.5 cm³/mol. The van der Waals surface area contributed by atoms with Crippen molar-refractivity contribution in [1.82, 2.24) is 14.8 Å². The molecule has 2 heterocycles. The molecule has 2 rings (SSSR count). The lowest BCUT2D eigenvalue weighted by Crippen LogP contribution is -2.11. The first-order valence-electron chi connectivity index (χ1n) is 4.95. The van der Waals surface area contributed by atoms with Crippen molar-refractivity contribution in [3.05, 3.63) is 29.0 Å². The van der Waals surface area contributed by atoms with Gasteiger partial charge < -0.3 is 5.73 Å². The van der Waals surface area contributed by atoms with Crippen LogP contribution in [-0.4, -0.2) is 20.5 Å². The van der Waals surface area contributed by atoms with Crippen LogP contribution in [0.15, 0.2) is 17.6 Å². The molecule has 0 bridgehead atoms. The molecule has 0 fully saturated rings. The minimum absolute atomic E-state index is 0.0182.